The van der Waals surface area contributed by atoms with Gasteiger partial charge < -0.3 is 16.4 Å². The number of ketones is 1. The summed E-state index contributed by atoms with van der Waals surface area (Å²) in [6, 6.07) is 11.8. The standard InChI is InChI=1S/C25H28FN5O4/c1-4-29-24(34)21(22(27)31(25(29)35)13-16-8-10-18(26)11-9-16)20(32)14-30(15(2)3)19-7-5-6-17(12-19)23(28)33/h5-12,15H,4,13-14,27H2,1-3H3,(H2,28,33). The summed E-state index contributed by atoms with van der Waals surface area (Å²) in [6.45, 7) is 5.10. The fraction of sp³-hybridized carbons (Fsp3) is 0.280. The molecule has 1 aromatic heterocycles. The Hall–Kier alpha value is -4.21. The number of nitrogens with zero attached hydrogens (tertiary/aromatic N) is 3. The summed E-state index contributed by atoms with van der Waals surface area (Å²) in [4.78, 5) is 52.8. The van der Waals surface area contributed by atoms with Crippen molar-refractivity contribution >= 4 is 23.2 Å². The number of hydrogen-bond acceptors (Lipinski definition) is 6. The number of benzene rings is 2. The van der Waals surface area contributed by atoms with E-state index in [1.165, 1.54) is 24.3 Å². The van der Waals surface area contributed by atoms with Crippen LogP contribution in [-0.4, -0.2) is 33.4 Å². The van der Waals surface area contributed by atoms with Gasteiger partial charge in [-0.15, -0.1) is 0 Å². The van der Waals surface area contributed by atoms with Crippen LogP contribution in [0, 0.1) is 5.82 Å². The third-order valence-corrected chi connectivity index (χ3v) is 5.72. The van der Waals surface area contributed by atoms with E-state index in [1.807, 2.05) is 13.8 Å². The lowest BCUT2D eigenvalue weighted by Crippen LogP contribution is -2.46. The zero-order chi connectivity index (χ0) is 25.9. The Morgan fingerprint density at radius 1 is 1.06 bits per heavy atom. The van der Waals surface area contributed by atoms with E-state index in [2.05, 4.69) is 0 Å². The first kappa shape index (κ1) is 25.4. The third kappa shape index (κ3) is 5.32. The van der Waals surface area contributed by atoms with Crippen LogP contribution in [0.25, 0.3) is 0 Å². The van der Waals surface area contributed by atoms with Gasteiger partial charge in [0.25, 0.3) is 5.56 Å². The van der Waals surface area contributed by atoms with Crippen LogP contribution in [0.15, 0.2) is 58.1 Å². The molecule has 0 spiro atoms. The number of primary amides is 1. The molecule has 0 radical (unpaired) electrons. The Morgan fingerprint density at radius 3 is 2.29 bits per heavy atom. The highest BCUT2D eigenvalue weighted by molar-refractivity contribution is 6.02. The van der Waals surface area contributed by atoms with Crippen molar-refractivity contribution in [2.45, 2.75) is 39.9 Å². The van der Waals surface area contributed by atoms with Gasteiger partial charge in [0, 0.05) is 23.8 Å². The molecule has 35 heavy (non-hydrogen) atoms. The van der Waals surface area contributed by atoms with Gasteiger partial charge in [0.05, 0.1) is 13.1 Å². The fourth-order valence-corrected chi connectivity index (χ4v) is 3.82. The lowest BCUT2D eigenvalue weighted by atomic mass is 10.1. The molecule has 0 bridgehead atoms. The molecule has 4 N–H and O–H groups in total. The minimum atomic E-state index is -0.773. The summed E-state index contributed by atoms with van der Waals surface area (Å²) < 4.78 is 15.4. The smallest absolute Gasteiger partial charge is 0.332 e. The van der Waals surface area contributed by atoms with Crippen molar-refractivity contribution < 1.29 is 14.0 Å². The monoisotopic (exact) mass is 481 g/mol. The number of halogens is 1. The van der Waals surface area contributed by atoms with Crippen molar-refractivity contribution in [2.75, 3.05) is 17.2 Å². The number of rotatable bonds is 9. The lowest BCUT2D eigenvalue weighted by molar-refractivity contribution is 0.0990. The van der Waals surface area contributed by atoms with E-state index in [9.17, 15) is 23.6 Å². The molecule has 3 aromatic rings. The molecule has 0 fully saturated rings. The van der Waals surface area contributed by atoms with Crippen LogP contribution in [0.4, 0.5) is 15.9 Å². The quantitative estimate of drug-likeness (QED) is 0.449. The second-order valence-corrected chi connectivity index (χ2v) is 8.36. The highest BCUT2D eigenvalue weighted by atomic mass is 19.1. The normalized spacial score (nSPS) is 11.0. The Bertz CT molecular complexity index is 1380. The Kier molecular flexibility index (Phi) is 7.53. The molecule has 10 heteroatoms. The summed E-state index contributed by atoms with van der Waals surface area (Å²) in [5, 5.41) is 0. The van der Waals surface area contributed by atoms with E-state index in [1.54, 1.807) is 36.1 Å². The molecule has 0 atom stereocenters. The van der Waals surface area contributed by atoms with Crippen molar-refractivity contribution in [3.8, 4) is 0 Å². The van der Waals surface area contributed by atoms with E-state index in [0.29, 0.717) is 11.3 Å². The van der Waals surface area contributed by atoms with Crippen molar-refractivity contribution in [3.05, 3.63) is 91.9 Å². The molecule has 0 saturated carbocycles. The number of amides is 1. The molecule has 184 valence electrons. The molecular formula is C25H28FN5O4. The van der Waals surface area contributed by atoms with E-state index >= 15 is 0 Å². The maximum absolute atomic E-state index is 13.4. The molecule has 0 aliphatic rings. The van der Waals surface area contributed by atoms with Crippen LogP contribution in [0.2, 0.25) is 0 Å². The Balaban J connectivity index is 2.07. The average molecular weight is 482 g/mol. The maximum Gasteiger partial charge on any atom is 0.332 e. The molecule has 3 rings (SSSR count). The van der Waals surface area contributed by atoms with Gasteiger partial charge in [0.2, 0.25) is 5.91 Å². The molecule has 0 aliphatic carbocycles. The first-order valence-corrected chi connectivity index (χ1v) is 11.1. The topological polar surface area (TPSA) is 133 Å². The fourth-order valence-electron chi connectivity index (χ4n) is 3.82. The highest BCUT2D eigenvalue weighted by Crippen LogP contribution is 2.20. The van der Waals surface area contributed by atoms with Crippen LogP contribution < -0.4 is 27.6 Å². The summed E-state index contributed by atoms with van der Waals surface area (Å²) in [7, 11) is 0. The van der Waals surface area contributed by atoms with Gasteiger partial charge in [-0.25, -0.2) is 9.18 Å². The summed E-state index contributed by atoms with van der Waals surface area (Å²) in [5.41, 5.74) is 11.3. The van der Waals surface area contributed by atoms with Crippen molar-refractivity contribution in [1.29, 1.82) is 0 Å². The molecule has 0 saturated heterocycles. The SMILES string of the molecule is CCn1c(=O)c(C(=O)CN(c2cccc(C(N)=O)c2)C(C)C)c(N)n(Cc2ccc(F)cc2)c1=O. The van der Waals surface area contributed by atoms with Gasteiger partial charge in [-0.2, -0.15) is 0 Å². The predicted octanol–water partition coefficient (Wildman–Crippen LogP) is 2.00. The second-order valence-electron chi connectivity index (χ2n) is 8.36. The molecule has 9 nitrogen and oxygen atoms in total. The van der Waals surface area contributed by atoms with Crippen molar-refractivity contribution in [1.82, 2.24) is 9.13 Å². The van der Waals surface area contributed by atoms with Gasteiger partial charge in [-0.3, -0.25) is 23.5 Å². The maximum atomic E-state index is 13.4. The van der Waals surface area contributed by atoms with Gasteiger partial charge in [-0.05, 0) is 56.7 Å². The van der Waals surface area contributed by atoms with Crippen molar-refractivity contribution in [3.63, 3.8) is 0 Å². The van der Waals surface area contributed by atoms with E-state index in [0.717, 1.165) is 9.13 Å². The minimum Gasteiger partial charge on any atom is -0.384 e. The summed E-state index contributed by atoms with van der Waals surface area (Å²) in [6.07, 6.45) is 0. The molecule has 1 heterocycles. The number of anilines is 2. The number of carbonyl (C=O) groups excluding carboxylic acids is 2. The largest absolute Gasteiger partial charge is 0.384 e. The van der Waals surface area contributed by atoms with Crippen molar-refractivity contribution in [2.24, 2.45) is 5.73 Å². The van der Waals surface area contributed by atoms with E-state index in [-0.39, 0.29) is 42.6 Å². The number of nitrogens with two attached hydrogens (primary N) is 2. The molecule has 0 aliphatic heterocycles. The number of aromatic nitrogens is 2. The van der Waals surface area contributed by atoms with Crippen LogP contribution >= 0.6 is 0 Å². The van der Waals surface area contributed by atoms with Crippen LogP contribution in [0.5, 0.6) is 0 Å². The minimum absolute atomic E-state index is 0.0379. The lowest BCUT2D eigenvalue weighted by Gasteiger charge is -2.29. The molecular weight excluding hydrogens is 453 g/mol. The number of nitrogen functional groups attached to an aromatic ring is 1. The summed E-state index contributed by atoms with van der Waals surface area (Å²) in [5.74, 6) is -1.88. The van der Waals surface area contributed by atoms with Gasteiger partial charge in [0.15, 0.2) is 5.78 Å². The molecule has 0 unspecified atom stereocenters. The number of hydrogen-bond donors (Lipinski definition) is 2. The number of carbonyl (C=O) groups is 2. The van der Waals surface area contributed by atoms with Crippen LogP contribution in [-0.2, 0) is 13.1 Å². The van der Waals surface area contributed by atoms with Gasteiger partial charge in [-0.1, -0.05) is 18.2 Å². The Labute approximate surface area is 201 Å². The predicted molar refractivity (Wildman–Crippen MR) is 132 cm³/mol. The second kappa shape index (κ2) is 10.4. The van der Waals surface area contributed by atoms with Gasteiger partial charge in [0.1, 0.15) is 17.2 Å². The Morgan fingerprint density at radius 2 is 1.71 bits per heavy atom. The number of Topliss-reactive ketones (excluding diaryl/α,β-unsaturated/α-hetero) is 1. The first-order valence-electron chi connectivity index (χ1n) is 11.1. The zero-order valence-electron chi connectivity index (χ0n) is 19.8. The van der Waals surface area contributed by atoms with Crippen LogP contribution in [0.1, 0.15) is 47.1 Å². The van der Waals surface area contributed by atoms with Crippen LogP contribution in [0.3, 0.4) is 0 Å². The van der Waals surface area contributed by atoms with Gasteiger partial charge >= 0.3 is 5.69 Å². The zero-order valence-corrected chi connectivity index (χ0v) is 19.8. The third-order valence-electron chi connectivity index (χ3n) is 5.72. The summed E-state index contributed by atoms with van der Waals surface area (Å²) >= 11 is 0. The van der Waals surface area contributed by atoms with E-state index in [4.69, 9.17) is 11.5 Å². The highest BCUT2D eigenvalue weighted by Gasteiger charge is 2.25. The first-order chi connectivity index (χ1) is 16.5. The average Bonchev–Trinajstić information content (AvgIpc) is 2.81. The van der Waals surface area contributed by atoms with E-state index < -0.39 is 28.8 Å². The molecule has 2 aromatic carbocycles. The molecule has 1 amide bonds.